The standard InChI is InChI=1S/C17H15NO3/c1-11-14-5-3-4-6-15(14)21-16(11)17(19)18-12-7-9-13(20-2)10-8-12/h3-10H,1-2H3,(H,18,19). The predicted octanol–water partition coefficient (Wildman–Crippen LogP) is 4.00. The van der Waals surface area contributed by atoms with Gasteiger partial charge in [0.05, 0.1) is 7.11 Å². The predicted molar refractivity (Wildman–Crippen MR) is 81.9 cm³/mol. The number of nitrogens with one attached hydrogen (secondary N) is 1. The van der Waals surface area contributed by atoms with Gasteiger partial charge in [-0.3, -0.25) is 4.79 Å². The third-order valence-corrected chi connectivity index (χ3v) is 3.40. The second-order valence-corrected chi connectivity index (χ2v) is 4.73. The summed E-state index contributed by atoms with van der Waals surface area (Å²) in [5, 5.41) is 3.78. The van der Waals surface area contributed by atoms with Crippen molar-refractivity contribution in [1.29, 1.82) is 0 Å². The lowest BCUT2D eigenvalue weighted by Gasteiger charge is -2.05. The van der Waals surface area contributed by atoms with Crippen LogP contribution in [0, 0.1) is 6.92 Å². The molecule has 21 heavy (non-hydrogen) atoms. The van der Waals surface area contributed by atoms with Gasteiger partial charge in [0.2, 0.25) is 0 Å². The van der Waals surface area contributed by atoms with Crippen molar-refractivity contribution in [3.05, 3.63) is 59.9 Å². The number of hydrogen-bond acceptors (Lipinski definition) is 3. The lowest BCUT2D eigenvalue weighted by atomic mass is 10.1. The number of carbonyl (C=O) groups is 1. The fraction of sp³-hybridized carbons (Fsp3) is 0.118. The van der Waals surface area contributed by atoms with Gasteiger partial charge in [0, 0.05) is 16.6 Å². The number of para-hydroxylation sites is 1. The number of fused-ring (bicyclic) bond motifs is 1. The van der Waals surface area contributed by atoms with E-state index in [1.165, 1.54) is 0 Å². The molecule has 0 saturated carbocycles. The third kappa shape index (κ3) is 2.48. The molecule has 0 radical (unpaired) electrons. The first-order valence-corrected chi connectivity index (χ1v) is 6.62. The average Bonchev–Trinajstić information content (AvgIpc) is 2.86. The quantitative estimate of drug-likeness (QED) is 0.789. The Kier molecular flexibility index (Phi) is 3.36. The van der Waals surface area contributed by atoms with Crippen LogP contribution in [0.5, 0.6) is 5.75 Å². The number of furan rings is 1. The minimum Gasteiger partial charge on any atom is -0.497 e. The van der Waals surface area contributed by atoms with Crippen molar-refractivity contribution in [1.82, 2.24) is 0 Å². The highest BCUT2D eigenvalue weighted by Gasteiger charge is 2.17. The zero-order valence-electron chi connectivity index (χ0n) is 11.8. The first-order chi connectivity index (χ1) is 10.2. The third-order valence-electron chi connectivity index (χ3n) is 3.40. The normalized spacial score (nSPS) is 10.6. The summed E-state index contributed by atoms with van der Waals surface area (Å²) in [4.78, 5) is 12.3. The minimum absolute atomic E-state index is 0.256. The largest absolute Gasteiger partial charge is 0.497 e. The van der Waals surface area contributed by atoms with Crippen molar-refractivity contribution in [3.63, 3.8) is 0 Å². The molecular formula is C17H15NO3. The topological polar surface area (TPSA) is 51.5 Å². The Morgan fingerprint density at radius 1 is 1.10 bits per heavy atom. The molecule has 0 unspecified atom stereocenters. The van der Waals surface area contributed by atoms with Crippen LogP contribution in [0.3, 0.4) is 0 Å². The molecule has 4 heteroatoms. The number of benzene rings is 2. The lowest BCUT2D eigenvalue weighted by molar-refractivity contribution is 0.0998. The molecule has 3 rings (SSSR count). The van der Waals surface area contributed by atoms with Crippen molar-refractivity contribution in [2.24, 2.45) is 0 Å². The summed E-state index contributed by atoms with van der Waals surface area (Å²) >= 11 is 0. The van der Waals surface area contributed by atoms with Crippen LogP contribution in [0.4, 0.5) is 5.69 Å². The van der Waals surface area contributed by atoms with Gasteiger partial charge in [-0.05, 0) is 37.3 Å². The molecule has 0 fully saturated rings. The van der Waals surface area contributed by atoms with Gasteiger partial charge in [0.15, 0.2) is 5.76 Å². The SMILES string of the molecule is COc1ccc(NC(=O)c2oc3ccccc3c2C)cc1. The van der Waals surface area contributed by atoms with E-state index in [-0.39, 0.29) is 5.91 Å². The highest BCUT2D eigenvalue weighted by Crippen LogP contribution is 2.25. The van der Waals surface area contributed by atoms with Crippen molar-refractivity contribution < 1.29 is 13.9 Å². The highest BCUT2D eigenvalue weighted by atomic mass is 16.5. The summed E-state index contributed by atoms with van der Waals surface area (Å²) in [5.41, 5.74) is 2.26. The van der Waals surface area contributed by atoms with Gasteiger partial charge in [0.25, 0.3) is 5.91 Å². The van der Waals surface area contributed by atoms with Gasteiger partial charge in [-0.15, -0.1) is 0 Å². The van der Waals surface area contributed by atoms with Gasteiger partial charge in [0.1, 0.15) is 11.3 Å². The molecule has 0 spiro atoms. The fourth-order valence-electron chi connectivity index (χ4n) is 2.25. The van der Waals surface area contributed by atoms with Crippen molar-refractivity contribution >= 4 is 22.6 Å². The van der Waals surface area contributed by atoms with E-state index in [4.69, 9.17) is 9.15 Å². The summed E-state index contributed by atoms with van der Waals surface area (Å²) in [7, 11) is 1.60. The van der Waals surface area contributed by atoms with E-state index < -0.39 is 0 Å². The summed E-state index contributed by atoms with van der Waals surface area (Å²) in [6.07, 6.45) is 0. The lowest BCUT2D eigenvalue weighted by Crippen LogP contribution is -2.11. The van der Waals surface area contributed by atoms with Gasteiger partial charge in [-0.1, -0.05) is 18.2 Å². The molecule has 106 valence electrons. The second kappa shape index (κ2) is 5.32. The Morgan fingerprint density at radius 3 is 2.48 bits per heavy atom. The molecule has 1 aromatic heterocycles. The number of amides is 1. The maximum Gasteiger partial charge on any atom is 0.291 e. The van der Waals surface area contributed by atoms with E-state index >= 15 is 0 Å². The molecular weight excluding hydrogens is 266 g/mol. The maximum absolute atomic E-state index is 12.3. The second-order valence-electron chi connectivity index (χ2n) is 4.73. The Hall–Kier alpha value is -2.75. The van der Waals surface area contributed by atoms with Gasteiger partial charge >= 0.3 is 0 Å². The van der Waals surface area contributed by atoms with Crippen LogP contribution in [0.1, 0.15) is 16.1 Å². The molecule has 1 N–H and O–H groups in total. The van der Waals surface area contributed by atoms with E-state index in [0.717, 1.165) is 22.3 Å². The van der Waals surface area contributed by atoms with Crippen LogP contribution < -0.4 is 10.1 Å². The maximum atomic E-state index is 12.3. The zero-order valence-corrected chi connectivity index (χ0v) is 11.8. The van der Waals surface area contributed by atoms with Crippen LogP contribution in [0.25, 0.3) is 11.0 Å². The molecule has 0 aliphatic heterocycles. The minimum atomic E-state index is -0.256. The number of carbonyl (C=O) groups excluding carboxylic acids is 1. The molecule has 3 aromatic rings. The zero-order chi connectivity index (χ0) is 14.8. The van der Waals surface area contributed by atoms with Crippen molar-refractivity contribution in [2.75, 3.05) is 12.4 Å². The molecule has 1 heterocycles. The average molecular weight is 281 g/mol. The van der Waals surface area contributed by atoms with E-state index in [1.807, 2.05) is 31.2 Å². The summed E-state index contributed by atoms with van der Waals surface area (Å²) in [6, 6.07) is 14.8. The van der Waals surface area contributed by atoms with Crippen LogP contribution in [-0.2, 0) is 0 Å². The van der Waals surface area contributed by atoms with Crippen LogP contribution >= 0.6 is 0 Å². The molecule has 0 aliphatic carbocycles. The van der Waals surface area contributed by atoms with Crippen LogP contribution in [-0.4, -0.2) is 13.0 Å². The molecule has 1 amide bonds. The first kappa shape index (κ1) is 13.2. The molecule has 4 nitrogen and oxygen atoms in total. The van der Waals surface area contributed by atoms with E-state index in [2.05, 4.69) is 5.32 Å². The Morgan fingerprint density at radius 2 is 1.81 bits per heavy atom. The van der Waals surface area contributed by atoms with E-state index in [0.29, 0.717) is 11.4 Å². The van der Waals surface area contributed by atoms with Gasteiger partial charge in [-0.2, -0.15) is 0 Å². The summed E-state index contributed by atoms with van der Waals surface area (Å²) in [6.45, 7) is 1.88. The number of methoxy groups -OCH3 is 1. The molecule has 0 aliphatic rings. The van der Waals surface area contributed by atoms with E-state index in [1.54, 1.807) is 31.4 Å². The van der Waals surface area contributed by atoms with Crippen LogP contribution in [0.15, 0.2) is 52.9 Å². The number of aryl methyl sites for hydroxylation is 1. The monoisotopic (exact) mass is 281 g/mol. The molecule has 0 atom stereocenters. The number of rotatable bonds is 3. The summed E-state index contributed by atoms with van der Waals surface area (Å²) < 4.78 is 10.7. The summed E-state index contributed by atoms with van der Waals surface area (Å²) in [5.74, 6) is 0.828. The Bertz CT molecular complexity index is 787. The smallest absolute Gasteiger partial charge is 0.291 e. The molecule has 2 aromatic carbocycles. The molecule has 0 saturated heterocycles. The van der Waals surface area contributed by atoms with Crippen molar-refractivity contribution in [2.45, 2.75) is 6.92 Å². The van der Waals surface area contributed by atoms with Gasteiger partial charge < -0.3 is 14.5 Å². The Balaban J connectivity index is 1.87. The van der Waals surface area contributed by atoms with Crippen molar-refractivity contribution in [3.8, 4) is 5.75 Å². The number of anilines is 1. The number of ether oxygens (including phenoxy) is 1. The fourth-order valence-corrected chi connectivity index (χ4v) is 2.25. The van der Waals surface area contributed by atoms with E-state index in [9.17, 15) is 4.79 Å². The number of hydrogen-bond donors (Lipinski definition) is 1. The molecule has 0 bridgehead atoms. The van der Waals surface area contributed by atoms with Crippen LogP contribution in [0.2, 0.25) is 0 Å². The van der Waals surface area contributed by atoms with Gasteiger partial charge in [-0.25, -0.2) is 0 Å². The Labute approximate surface area is 122 Å². The highest BCUT2D eigenvalue weighted by molar-refractivity contribution is 6.06. The first-order valence-electron chi connectivity index (χ1n) is 6.62.